The van der Waals surface area contributed by atoms with E-state index in [1.165, 1.54) is 12.8 Å². The molecule has 2 heterocycles. The van der Waals surface area contributed by atoms with E-state index in [0.717, 1.165) is 36.9 Å². The van der Waals surface area contributed by atoms with Crippen LogP contribution in [0.2, 0.25) is 0 Å². The first-order valence-electron chi connectivity index (χ1n) is 9.74. The predicted octanol–water partition coefficient (Wildman–Crippen LogP) is 2.76. The lowest BCUT2D eigenvalue weighted by Gasteiger charge is -2.26. The van der Waals surface area contributed by atoms with Gasteiger partial charge in [-0.1, -0.05) is 12.1 Å². The van der Waals surface area contributed by atoms with Crippen LogP contribution in [-0.2, 0) is 6.54 Å². The average Bonchev–Trinajstić information content (AvgIpc) is 3.45. The van der Waals surface area contributed by atoms with Crippen molar-refractivity contribution in [3.63, 3.8) is 0 Å². The average molecular weight is 511 g/mol. The van der Waals surface area contributed by atoms with E-state index in [9.17, 15) is 4.79 Å². The Morgan fingerprint density at radius 1 is 1.17 bits per heavy atom. The molecule has 1 aromatic heterocycles. The topological polar surface area (TPSA) is 81.9 Å². The van der Waals surface area contributed by atoms with E-state index in [1.54, 1.807) is 20.4 Å². The fraction of sp³-hybridized carbons (Fsp3) is 0.429. The van der Waals surface area contributed by atoms with Crippen LogP contribution in [0.1, 0.15) is 40.6 Å². The molecule has 1 unspecified atom stereocenters. The van der Waals surface area contributed by atoms with Crippen molar-refractivity contribution in [1.82, 2.24) is 20.9 Å². The molecule has 158 valence electrons. The highest BCUT2D eigenvalue weighted by molar-refractivity contribution is 14.0. The molecule has 0 saturated carbocycles. The van der Waals surface area contributed by atoms with Gasteiger partial charge in [-0.15, -0.1) is 24.0 Å². The summed E-state index contributed by atoms with van der Waals surface area (Å²) in [5, 5.41) is 9.37. The number of nitrogens with one attached hydrogen (secondary N) is 3. The summed E-state index contributed by atoms with van der Waals surface area (Å²) in [5.41, 5.74) is 1.73. The molecular formula is C21H30IN5O2. The highest BCUT2D eigenvalue weighted by Crippen LogP contribution is 2.24. The Balaban J connectivity index is 0.00000300. The van der Waals surface area contributed by atoms with Crippen molar-refractivity contribution in [3.05, 3.63) is 59.5 Å². The van der Waals surface area contributed by atoms with E-state index in [1.807, 2.05) is 36.4 Å². The highest BCUT2D eigenvalue weighted by atomic mass is 127. The largest absolute Gasteiger partial charge is 0.468 e. The van der Waals surface area contributed by atoms with E-state index in [4.69, 9.17) is 4.42 Å². The number of furan rings is 1. The Labute approximate surface area is 189 Å². The molecule has 1 saturated heterocycles. The smallest absolute Gasteiger partial charge is 0.251 e. The number of rotatable bonds is 7. The number of carbonyl (C=O) groups is 1. The minimum Gasteiger partial charge on any atom is -0.468 e. The van der Waals surface area contributed by atoms with Crippen molar-refractivity contribution in [2.24, 2.45) is 4.99 Å². The van der Waals surface area contributed by atoms with E-state index in [0.29, 0.717) is 12.1 Å². The molecule has 1 aromatic carbocycles. The zero-order valence-electron chi connectivity index (χ0n) is 17.0. The van der Waals surface area contributed by atoms with Gasteiger partial charge in [-0.25, -0.2) is 0 Å². The Morgan fingerprint density at radius 2 is 1.90 bits per heavy atom. The maximum atomic E-state index is 11.6. The molecule has 3 rings (SSSR count). The van der Waals surface area contributed by atoms with E-state index in [-0.39, 0.29) is 35.9 Å². The summed E-state index contributed by atoms with van der Waals surface area (Å²) in [4.78, 5) is 18.4. The van der Waals surface area contributed by atoms with Crippen molar-refractivity contribution in [1.29, 1.82) is 0 Å². The lowest BCUT2D eigenvalue weighted by Crippen LogP contribution is -2.42. The first-order chi connectivity index (χ1) is 13.7. The van der Waals surface area contributed by atoms with Gasteiger partial charge in [0.25, 0.3) is 5.91 Å². The maximum absolute atomic E-state index is 11.6. The summed E-state index contributed by atoms with van der Waals surface area (Å²) < 4.78 is 5.67. The van der Waals surface area contributed by atoms with Crippen LogP contribution in [0.25, 0.3) is 0 Å². The van der Waals surface area contributed by atoms with E-state index >= 15 is 0 Å². The van der Waals surface area contributed by atoms with Gasteiger partial charge >= 0.3 is 0 Å². The monoisotopic (exact) mass is 511 g/mol. The third-order valence-electron chi connectivity index (χ3n) is 5.04. The summed E-state index contributed by atoms with van der Waals surface area (Å²) in [5.74, 6) is 1.64. The normalized spacial score (nSPS) is 15.4. The highest BCUT2D eigenvalue weighted by Gasteiger charge is 2.25. The molecule has 7 nitrogen and oxygen atoms in total. The Bertz CT molecular complexity index is 771. The van der Waals surface area contributed by atoms with Gasteiger partial charge in [-0.2, -0.15) is 0 Å². The number of benzene rings is 1. The lowest BCUT2D eigenvalue weighted by atomic mass is 10.1. The molecule has 0 radical (unpaired) electrons. The zero-order chi connectivity index (χ0) is 19.8. The third-order valence-corrected chi connectivity index (χ3v) is 5.04. The number of guanidine groups is 1. The quantitative estimate of drug-likeness (QED) is 0.303. The first-order valence-corrected chi connectivity index (χ1v) is 9.74. The Hall–Kier alpha value is -2.07. The first kappa shape index (κ1) is 23.2. The second kappa shape index (κ2) is 11.8. The molecule has 1 atom stereocenters. The summed E-state index contributed by atoms with van der Waals surface area (Å²) in [7, 11) is 3.40. The van der Waals surface area contributed by atoms with Gasteiger partial charge in [-0.05, 0) is 55.8 Å². The lowest BCUT2D eigenvalue weighted by molar-refractivity contribution is 0.0963. The molecule has 1 amide bonds. The second-order valence-corrected chi connectivity index (χ2v) is 6.86. The predicted molar refractivity (Wildman–Crippen MR) is 126 cm³/mol. The van der Waals surface area contributed by atoms with Crippen molar-refractivity contribution in [3.8, 4) is 0 Å². The molecule has 0 bridgehead atoms. The fourth-order valence-corrected chi connectivity index (χ4v) is 3.46. The second-order valence-electron chi connectivity index (χ2n) is 6.86. The van der Waals surface area contributed by atoms with Crippen LogP contribution < -0.4 is 16.0 Å². The number of aliphatic imine (C=N–C) groups is 1. The number of likely N-dealkylation sites (tertiary alicyclic amines) is 1. The molecule has 0 spiro atoms. The molecular weight excluding hydrogens is 481 g/mol. The number of hydrogen-bond donors (Lipinski definition) is 3. The number of halogens is 1. The summed E-state index contributed by atoms with van der Waals surface area (Å²) in [6, 6.07) is 11.7. The van der Waals surface area contributed by atoms with Crippen LogP contribution in [0.3, 0.4) is 0 Å². The van der Waals surface area contributed by atoms with Crippen molar-refractivity contribution in [2.75, 3.05) is 33.7 Å². The third kappa shape index (κ3) is 6.46. The molecule has 8 heteroatoms. The summed E-state index contributed by atoms with van der Waals surface area (Å²) in [6.07, 6.45) is 4.19. The molecule has 1 fully saturated rings. The molecule has 3 N–H and O–H groups in total. The zero-order valence-corrected chi connectivity index (χ0v) is 19.3. The van der Waals surface area contributed by atoms with Gasteiger partial charge in [0.2, 0.25) is 0 Å². The summed E-state index contributed by atoms with van der Waals surface area (Å²) >= 11 is 0. The summed E-state index contributed by atoms with van der Waals surface area (Å²) in [6.45, 7) is 3.54. The van der Waals surface area contributed by atoms with Crippen molar-refractivity contribution in [2.45, 2.75) is 25.4 Å². The number of nitrogens with zero attached hydrogens (tertiary/aromatic N) is 2. The SMILES string of the molecule is CN=C(NCc1ccc(C(=O)NC)cc1)NCC(c1ccco1)N1CCCC1.I. The fourth-order valence-electron chi connectivity index (χ4n) is 3.46. The van der Waals surface area contributed by atoms with Gasteiger partial charge < -0.3 is 20.4 Å². The van der Waals surface area contributed by atoms with Crippen LogP contribution >= 0.6 is 24.0 Å². The van der Waals surface area contributed by atoms with Crippen LogP contribution in [0.5, 0.6) is 0 Å². The van der Waals surface area contributed by atoms with Gasteiger partial charge in [0.05, 0.1) is 12.3 Å². The number of hydrogen-bond acceptors (Lipinski definition) is 4. The van der Waals surface area contributed by atoms with Crippen LogP contribution in [0.4, 0.5) is 0 Å². The van der Waals surface area contributed by atoms with Gasteiger partial charge in [0.1, 0.15) is 5.76 Å². The molecule has 2 aromatic rings. The molecule has 29 heavy (non-hydrogen) atoms. The number of carbonyl (C=O) groups excluding carboxylic acids is 1. The Morgan fingerprint density at radius 3 is 2.48 bits per heavy atom. The van der Waals surface area contributed by atoms with Gasteiger partial charge in [0.15, 0.2) is 5.96 Å². The minimum absolute atomic E-state index is 0. The van der Waals surface area contributed by atoms with Gasteiger partial charge in [-0.3, -0.25) is 14.7 Å². The number of amides is 1. The van der Waals surface area contributed by atoms with Crippen LogP contribution in [0.15, 0.2) is 52.1 Å². The van der Waals surface area contributed by atoms with E-state index < -0.39 is 0 Å². The maximum Gasteiger partial charge on any atom is 0.251 e. The minimum atomic E-state index is -0.0807. The van der Waals surface area contributed by atoms with Gasteiger partial charge in [0, 0.05) is 32.7 Å². The van der Waals surface area contributed by atoms with Crippen LogP contribution in [-0.4, -0.2) is 50.5 Å². The molecule has 1 aliphatic heterocycles. The van der Waals surface area contributed by atoms with E-state index in [2.05, 4.69) is 25.8 Å². The van der Waals surface area contributed by atoms with Crippen molar-refractivity contribution < 1.29 is 9.21 Å². The van der Waals surface area contributed by atoms with Crippen LogP contribution in [0, 0.1) is 0 Å². The molecule has 0 aliphatic carbocycles. The Kier molecular flexibility index (Phi) is 9.46. The standard InChI is InChI=1S/C21H29N5O2.HI/c1-22-20(27)17-9-7-16(8-10-17)14-24-21(23-2)25-15-18(19-6-5-13-28-19)26-11-3-4-12-26;/h5-10,13,18H,3-4,11-12,14-15H2,1-2H3,(H,22,27)(H2,23,24,25);1H. The molecule has 1 aliphatic rings. The van der Waals surface area contributed by atoms with Crippen molar-refractivity contribution >= 4 is 35.8 Å².